The average molecular weight is 453 g/mol. The molecule has 1 aliphatic heterocycles. The SMILES string of the molecule is COc1ccccc1C1C(=C([O-])c2ccc(OCC(C)C)cc2)C(=O)C(=O)N1CC[NH+](C)C. The van der Waals surface area contributed by atoms with Crippen molar-refractivity contribution in [1.29, 1.82) is 0 Å². The zero-order valence-corrected chi connectivity index (χ0v) is 19.9. The van der Waals surface area contributed by atoms with Gasteiger partial charge >= 0.3 is 0 Å². The summed E-state index contributed by atoms with van der Waals surface area (Å²) in [4.78, 5) is 28.7. The number of nitrogens with one attached hydrogen (secondary N) is 1. The molecule has 1 saturated heterocycles. The number of Topliss-reactive ketones (excluding diaryl/α,β-unsaturated/α-hetero) is 1. The highest BCUT2D eigenvalue weighted by Crippen LogP contribution is 2.41. The molecule has 1 amide bonds. The third-order valence-electron chi connectivity index (χ3n) is 5.52. The molecule has 7 nitrogen and oxygen atoms in total. The van der Waals surface area contributed by atoms with Gasteiger partial charge in [-0.1, -0.05) is 49.9 Å². The van der Waals surface area contributed by atoms with Gasteiger partial charge in [-0.05, 0) is 29.7 Å². The maximum atomic E-state index is 13.5. The predicted molar refractivity (Wildman–Crippen MR) is 124 cm³/mol. The van der Waals surface area contributed by atoms with E-state index in [0.29, 0.717) is 48.2 Å². The number of amides is 1. The van der Waals surface area contributed by atoms with Crippen LogP contribution >= 0.6 is 0 Å². The summed E-state index contributed by atoms with van der Waals surface area (Å²) in [5.74, 6) is -0.331. The van der Waals surface area contributed by atoms with Gasteiger partial charge in [-0.3, -0.25) is 9.59 Å². The molecule has 7 heteroatoms. The van der Waals surface area contributed by atoms with E-state index in [0.717, 1.165) is 4.90 Å². The third kappa shape index (κ3) is 5.37. The van der Waals surface area contributed by atoms with Crippen molar-refractivity contribution in [3.8, 4) is 11.5 Å². The molecule has 3 rings (SSSR count). The lowest BCUT2D eigenvalue weighted by atomic mass is 9.94. The maximum absolute atomic E-state index is 13.5. The summed E-state index contributed by atoms with van der Waals surface area (Å²) in [6.07, 6.45) is 0. The molecule has 1 unspecified atom stereocenters. The Morgan fingerprint density at radius 2 is 1.76 bits per heavy atom. The van der Waals surface area contributed by atoms with Crippen LogP contribution in [0.25, 0.3) is 5.76 Å². The zero-order valence-electron chi connectivity index (χ0n) is 19.9. The van der Waals surface area contributed by atoms with Crippen LogP contribution in [0.3, 0.4) is 0 Å². The van der Waals surface area contributed by atoms with E-state index >= 15 is 0 Å². The zero-order chi connectivity index (χ0) is 24.1. The number of likely N-dealkylation sites (tertiary alicyclic amines) is 1. The summed E-state index contributed by atoms with van der Waals surface area (Å²) in [7, 11) is 5.47. The van der Waals surface area contributed by atoms with Crippen LogP contribution in [0.5, 0.6) is 11.5 Å². The van der Waals surface area contributed by atoms with Gasteiger partial charge in [0, 0.05) is 11.1 Å². The van der Waals surface area contributed by atoms with Gasteiger partial charge in [0.15, 0.2) is 0 Å². The van der Waals surface area contributed by atoms with E-state index < -0.39 is 23.5 Å². The minimum Gasteiger partial charge on any atom is -0.872 e. The maximum Gasteiger partial charge on any atom is 0.295 e. The smallest absolute Gasteiger partial charge is 0.295 e. The fourth-order valence-electron chi connectivity index (χ4n) is 3.78. The number of carbonyl (C=O) groups is 2. The van der Waals surface area contributed by atoms with Crippen LogP contribution in [0, 0.1) is 5.92 Å². The lowest BCUT2D eigenvalue weighted by molar-refractivity contribution is -0.857. The largest absolute Gasteiger partial charge is 0.872 e. The van der Waals surface area contributed by atoms with E-state index in [-0.39, 0.29) is 5.57 Å². The lowest BCUT2D eigenvalue weighted by Gasteiger charge is -2.28. The van der Waals surface area contributed by atoms with Gasteiger partial charge in [0.2, 0.25) is 5.78 Å². The average Bonchev–Trinajstić information content (AvgIpc) is 3.05. The Bertz CT molecular complexity index is 1030. The van der Waals surface area contributed by atoms with E-state index in [2.05, 4.69) is 13.8 Å². The Morgan fingerprint density at radius 3 is 2.36 bits per heavy atom. The first-order chi connectivity index (χ1) is 15.7. The standard InChI is InChI=1S/C26H32N2O5/c1-17(2)16-33-19-12-10-18(11-13-19)24(29)22-23(20-8-6-7-9-21(20)32-5)28(15-14-27(3)4)26(31)25(22)30/h6-13,17,23,29H,14-16H2,1-5H3. The first kappa shape index (κ1) is 24.3. The number of hydrogen-bond acceptors (Lipinski definition) is 5. The Morgan fingerprint density at radius 1 is 1.09 bits per heavy atom. The molecular weight excluding hydrogens is 420 g/mol. The highest BCUT2D eigenvalue weighted by molar-refractivity contribution is 6.46. The molecule has 1 fully saturated rings. The summed E-state index contributed by atoms with van der Waals surface area (Å²) >= 11 is 0. The Labute approximate surface area is 195 Å². The molecular formula is C26H32N2O5. The van der Waals surface area contributed by atoms with Gasteiger partial charge in [0.1, 0.15) is 11.5 Å². The second-order valence-electron chi connectivity index (χ2n) is 8.90. The number of ketones is 1. The number of benzene rings is 2. The monoisotopic (exact) mass is 452 g/mol. The van der Waals surface area contributed by atoms with Crippen molar-refractivity contribution in [2.24, 2.45) is 5.92 Å². The number of nitrogens with zero attached hydrogens (tertiary/aromatic N) is 1. The van der Waals surface area contributed by atoms with Gasteiger partial charge in [-0.2, -0.15) is 0 Å². The Kier molecular flexibility index (Phi) is 7.76. The van der Waals surface area contributed by atoms with Crippen molar-refractivity contribution in [2.75, 3.05) is 40.9 Å². The summed E-state index contributed by atoms with van der Waals surface area (Å²) in [5, 5.41) is 13.5. The number of carbonyl (C=O) groups excluding carboxylic acids is 2. The van der Waals surface area contributed by atoms with Gasteiger partial charge in [-0.15, -0.1) is 0 Å². The number of para-hydroxylation sites is 1. The summed E-state index contributed by atoms with van der Waals surface area (Å²) in [5.41, 5.74) is 0.908. The van der Waals surface area contributed by atoms with Crippen molar-refractivity contribution in [2.45, 2.75) is 19.9 Å². The summed E-state index contributed by atoms with van der Waals surface area (Å²) in [6.45, 7) is 5.65. The van der Waals surface area contributed by atoms with Crippen LogP contribution < -0.4 is 19.5 Å². The predicted octanol–water partition coefficient (Wildman–Crippen LogP) is 1.10. The quantitative estimate of drug-likeness (QED) is 0.350. The Balaban J connectivity index is 2.07. The summed E-state index contributed by atoms with van der Waals surface area (Å²) in [6, 6.07) is 13.1. The molecule has 1 N–H and O–H groups in total. The van der Waals surface area contributed by atoms with Gasteiger partial charge in [0.25, 0.3) is 5.91 Å². The van der Waals surface area contributed by atoms with Crippen molar-refractivity contribution in [3.63, 3.8) is 0 Å². The summed E-state index contributed by atoms with van der Waals surface area (Å²) < 4.78 is 11.2. The molecule has 2 aromatic carbocycles. The number of likely N-dealkylation sites (N-methyl/N-ethyl adjacent to an activating group) is 1. The van der Waals surface area contributed by atoms with E-state index in [1.54, 1.807) is 36.4 Å². The van der Waals surface area contributed by atoms with Crippen molar-refractivity contribution >= 4 is 17.4 Å². The van der Waals surface area contributed by atoms with Crippen molar-refractivity contribution in [1.82, 2.24) is 4.90 Å². The van der Waals surface area contributed by atoms with Crippen LogP contribution in [0.1, 0.15) is 31.0 Å². The van der Waals surface area contributed by atoms with Crippen molar-refractivity contribution in [3.05, 3.63) is 65.2 Å². The Hall–Kier alpha value is -3.32. The molecule has 1 atom stereocenters. The number of methoxy groups -OCH3 is 1. The fourth-order valence-corrected chi connectivity index (χ4v) is 3.78. The number of hydrogen-bond donors (Lipinski definition) is 1. The molecule has 1 heterocycles. The molecule has 2 aromatic rings. The topological polar surface area (TPSA) is 83.3 Å². The second kappa shape index (κ2) is 10.5. The van der Waals surface area contributed by atoms with E-state index in [1.165, 1.54) is 12.0 Å². The fraction of sp³-hybridized carbons (Fsp3) is 0.385. The number of quaternary nitrogens is 1. The van der Waals surface area contributed by atoms with Crippen LogP contribution in [0.4, 0.5) is 0 Å². The third-order valence-corrected chi connectivity index (χ3v) is 5.52. The first-order valence-corrected chi connectivity index (χ1v) is 11.2. The van der Waals surface area contributed by atoms with Crippen LogP contribution in [0.2, 0.25) is 0 Å². The molecule has 0 aromatic heterocycles. The van der Waals surface area contributed by atoms with Crippen LogP contribution in [-0.4, -0.2) is 57.5 Å². The van der Waals surface area contributed by atoms with Gasteiger partial charge < -0.3 is 24.4 Å². The molecule has 0 bridgehead atoms. The lowest BCUT2D eigenvalue weighted by Crippen LogP contribution is -3.06. The molecule has 0 spiro atoms. The molecule has 33 heavy (non-hydrogen) atoms. The van der Waals surface area contributed by atoms with Gasteiger partial charge in [-0.25, -0.2) is 0 Å². The second-order valence-corrected chi connectivity index (χ2v) is 8.90. The first-order valence-electron chi connectivity index (χ1n) is 11.2. The highest BCUT2D eigenvalue weighted by atomic mass is 16.5. The minimum absolute atomic E-state index is 0.0471. The van der Waals surface area contributed by atoms with E-state index in [9.17, 15) is 14.7 Å². The number of rotatable bonds is 9. The van der Waals surface area contributed by atoms with Crippen LogP contribution in [-0.2, 0) is 9.59 Å². The van der Waals surface area contributed by atoms with E-state index in [1.807, 2.05) is 26.2 Å². The van der Waals surface area contributed by atoms with Crippen LogP contribution in [0.15, 0.2) is 54.1 Å². The normalized spacial score (nSPS) is 17.8. The highest BCUT2D eigenvalue weighted by Gasteiger charge is 2.45. The minimum atomic E-state index is -0.801. The molecule has 176 valence electrons. The number of ether oxygens (including phenoxy) is 2. The molecule has 0 saturated carbocycles. The van der Waals surface area contributed by atoms with Crippen molar-refractivity contribution < 1.29 is 29.1 Å². The molecule has 1 aliphatic rings. The molecule has 0 radical (unpaired) electrons. The molecule has 0 aliphatic carbocycles. The van der Waals surface area contributed by atoms with Gasteiger partial charge in [0.05, 0.1) is 46.9 Å². The van der Waals surface area contributed by atoms with E-state index in [4.69, 9.17) is 9.47 Å².